The van der Waals surface area contributed by atoms with Crippen molar-refractivity contribution in [3.8, 4) is 0 Å². The van der Waals surface area contributed by atoms with Gasteiger partial charge in [-0.15, -0.1) is 0 Å². The molecule has 1 atom stereocenters. The summed E-state index contributed by atoms with van der Waals surface area (Å²) in [7, 11) is 0. The lowest BCUT2D eigenvalue weighted by atomic mass is 10.1. The number of aliphatic hydroxyl groups excluding tert-OH is 1. The molecular formula is C18H35NO4. The van der Waals surface area contributed by atoms with E-state index in [1.165, 1.54) is 6.42 Å². The minimum atomic E-state index is -0.743. The van der Waals surface area contributed by atoms with Gasteiger partial charge in [0, 0.05) is 26.4 Å². The van der Waals surface area contributed by atoms with E-state index in [0.717, 1.165) is 57.9 Å². The molecule has 0 aliphatic carbocycles. The summed E-state index contributed by atoms with van der Waals surface area (Å²) in [5.41, 5.74) is 0. The number of carboxylic acids is 1. The van der Waals surface area contributed by atoms with E-state index in [1.807, 2.05) is 4.90 Å². The third kappa shape index (κ3) is 14.2. The van der Waals surface area contributed by atoms with E-state index in [9.17, 15) is 14.7 Å². The third-order valence-electron chi connectivity index (χ3n) is 4.12. The molecule has 1 amide bonds. The van der Waals surface area contributed by atoms with Crippen molar-refractivity contribution in [2.75, 3.05) is 13.1 Å². The van der Waals surface area contributed by atoms with Crippen molar-refractivity contribution in [1.82, 2.24) is 4.90 Å². The highest BCUT2D eigenvalue weighted by molar-refractivity contribution is 5.73. The van der Waals surface area contributed by atoms with E-state index < -0.39 is 5.97 Å². The number of aliphatic carboxylic acids is 1. The molecule has 0 spiro atoms. The van der Waals surface area contributed by atoms with Crippen LogP contribution in [0.25, 0.3) is 0 Å². The number of rotatable bonds is 15. The molecule has 0 aromatic heterocycles. The molecule has 0 aliphatic heterocycles. The highest BCUT2D eigenvalue weighted by Crippen LogP contribution is 2.10. The van der Waals surface area contributed by atoms with Crippen molar-refractivity contribution in [3.05, 3.63) is 0 Å². The van der Waals surface area contributed by atoms with Gasteiger partial charge in [-0.05, 0) is 32.1 Å². The molecule has 5 nitrogen and oxygen atoms in total. The number of unbranched alkanes of at least 4 members (excludes halogenated alkanes) is 5. The largest absolute Gasteiger partial charge is 0.481 e. The van der Waals surface area contributed by atoms with Gasteiger partial charge in [0.15, 0.2) is 0 Å². The summed E-state index contributed by atoms with van der Waals surface area (Å²) in [5, 5.41) is 18.5. The van der Waals surface area contributed by atoms with Crippen LogP contribution in [0.4, 0.5) is 0 Å². The number of carbonyl (C=O) groups is 2. The highest BCUT2D eigenvalue weighted by Gasteiger charge is 2.10. The molecule has 0 unspecified atom stereocenters. The van der Waals surface area contributed by atoms with E-state index in [1.54, 1.807) is 6.92 Å². The maximum atomic E-state index is 11.6. The van der Waals surface area contributed by atoms with Gasteiger partial charge in [0.05, 0.1) is 6.10 Å². The first kappa shape index (κ1) is 21.9. The smallest absolute Gasteiger partial charge is 0.303 e. The second-order valence-electron chi connectivity index (χ2n) is 6.36. The SMILES string of the molecule is CCCCC[C@@H](O)CCCN(CCCCCCC(=O)O)C(C)=O. The molecule has 0 saturated heterocycles. The number of hydrogen-bond acceptors (Lipinski definition) is 3. The van der Waals surface area contributed by atoms with Crippen LogP contribution < -0.4 is 0 Å². The fraction of sp³-hybridized carbons (Fsp3) is 0.889. The molecule has 0 saturated carbocycles. The van der Waals surface area contributed by atoms with Crippen molar-refractivity contribution in [3.63, 3.8) is 0 Å². The highest BCUT2D eigenvalue weighted by atomic mass is 16.4. The quantitative estimate of drug-likeness (QED) is 0.450. The fourth-order valence-electron chi connectivity index (χ4n) is 2.65. The van der Waals surface area contributed by atoms with Gasteiger partial charge >= 0.3 is 5.97 Å². The van der Waals surface area contributed by atoms with Gasteiger partial charge in [0.2, 0.25) is 5.91 Å². The van der Waals surface area contributed by atoms with Crippen LogP contribution in [0.3, 0.4) is 0 Å². The Kier molecular flexibility index (Phi) is 13.8. The van der Waals surface area contributed by atoms with E-state index in [2.05, 4.69) is 6.92 Å². The maximum Gasteiger partial charge on any atom is 0.303 e. The van der Waals surface area contributed by atoms with Gasteiger partial charge in [0.25, 0.3) is 0 Å². The number of nitrogens with zero attached hydrogens (tertiary/aromatic N) is 1. The fourth-order valence-corrected chi connectivity index (χ4v) is 2.65. The first-order valence-corrected chi connectivity index (χ1v) is 9.12. The van der Waals surface area contributed by atoms with Crippen LogP contribution in [-0.2, 0) is 9.59 Å². The van der Waals surface area contributed by atoms with Gasteiger partial charge < -0.3 is 15.1 Å². The number of amides is 1. The van der Waals surface area contributed by atoms with Gasteiger partial charge in [-0.3, -0.25) is 9.59 Å². The molecule has 2 N–H and O–H groups in total. The lowest BCUT2D eigenvalue weighted by Gasteiger charge is -2.21. The monoisotopic (exact) mass is 329 g/mol. The summed E-state index contributed by atoms with van der Waals surface area (Å²) in [6.45, 7) is 5.17. The van der Waals surface area contributed by atoms with Crippen molar-refractivity contribution < 1.29 is 19.8 Å². The van der Waals surface area contributed by atoms with E-state index >= 15 is 0 Å². The van der Waals surface area contributed by atoms with Crippen LogP contribution in [0.2, 0.25) is 0 Å². The number of carboxylic acid groups (broad SMARTS) is 1. The van der Waals surface area contributed by atoms with Crippen molar-refractivity contribution >= 4 is 11.9 Å². The number of aliphatic hydroxyl groups is 1. The molecule has 136 valence electrons. The van der Waals surface area contributed by atoms with E-state index in [0.29, 0.717) is 13.0 Å². The zero-order valence-corrected chi connectivity index (χ0v) is 14.9. The van der Waals surface area contributed by atoms with Crippen molar-refractivity contribution in [1.29, 1.82) is 0 Å². The lowest BCUT2D eigenvalue weighted by Crippen LogP contribution is -2.31. The summed E-state index contributed by atoms with van der Waals surface area (Å²) in [6.07, 6.45) is 9.32. The predicted octanol–water partition coefficient (Wildman–Crippen LogP) is 3.59. The molecule has 5 heteroatoms. The normalized spacial score (nSPS) is 12.1. The molecule has 23 heavy (non-hydrogen) atoms. The number of carbonyl (C=O) groups excluding carboxylic acids is 1. The molecular weight excluding hydrogens is 294 g/mol. The van der Waals surface area contributed by atoms with Crippen LogP contribution in [0.1, 0.15) is 84.5 Å². The summed E-state index contributed by atoms with van der Waals surface area (Å²) in [6, 6.07) is 0. The second kappa shape index (κ2) is 14.5. The third-order valence-corrected chi connectivity index (χ3v) is 4.12. The average molecular weight is 329 g/mol. The maximum absolute atomic E-state index is 11.6. The molecule has 0 heterocycles. The van der Waals surface area contributed by atoms with Crippen LogP contribution in [0.15, 0.2) is 0 Å². The standard InChI is InChI=1S/C18H35NO4/c1-3-4-7-11-17(21)12-10-15-19(16(2)20)14-9-6-5-8-13-18(22)23/h17,21H,3-15H2,1-2H3,(H,22,23)/t17-/m1/s1. The van der Waals surface area contributed by atoms with Crippen LogP contribution in [-0.4, -0.2) is 46.2 Å². The zero-order valence-electron chi connectivity index (χ0n) is 14.9. The molecule has 0 rings (SSSR count). The topological polar surface area (TPSA) is 77.8 Å². The Morgan fingerprint density at radius 1 is 0.913 bits per heavy atom. The first-order chi connectivity index (χ1) is 11.0. The minimum absolute atomic E-state index is 0.0796. The van der Waals surface area contributed by atoms with Crippen molar-refractivity contribution in [2.45, 2.75) is 90.6 Å². The summed E-state index contributed by atoms with van der Waals surface area (Å²) >= 11 is 0. The Morgan fingerprint density at radius 2 is 1.52 bits per heavy atom. The Hall–Kier alpha value is -1.10. The molecule has 0 fully saturated rings. The molecule has 0 radical (unpaired) electrons. The lowest BCUT2D eigenvalue weighted by molar-refractivity contribution is -0.137. The Labute approximate surface area is 141 Å². The Morgan fingerprint density at radius 3 is 2.13 bits per heavy atom. The Balaban J connectivity index is 3.73. The summed E-state index contributed by atoms with van der Waals surface area (Å²) < 4.78 is 0. The molecule has 0 aromatic carbocycles. The zero-order chi connectivity index (χ0) is 17.5. The van der Waals surface area contributed by atoms with Crippen LogP contribution in [0, 0.1) is 0 Å². The molecule has 0 aromatic rings. The van der Waals surface area contributed by atoms with Crippen LogP contribution in [0.5, 0.6) is 0 Å². The first-order valence-electron chi connectivity index (χ1n) is 9.12. The average Bonchev–Trinajstić information content (AvgIpc) is 2.48. The van der Waals surface area contributed by atoms with Gasteiger partial charge in [-0.25, -0.2) is 0 Å². The van der Waals surface area contributed by atoms with Gasteiger partial charge in [-0.2, -0.15) is 0 Å². The number of hydrogen-bond donors (Lipinski definition) is 2. The predicted molar refractivity (Wildman–Crippen MR) is 92.4 cm³/mol. The molecule has 0 bridgehead atoms. The second-order valence-corrected chi connectivity index (χ2v) is 6.36. The van der Waals surface area contributed by atoms with E-state index in [4.69, 9.17) is 5.11 Å². The molecule has 0 aliphatic rings. The summed E-state index contributed by atoms with van der Waals surface area (Å²) in [4.78, 5) is 23.9. The van der Waals surface area contributed by atoms with Gasteiger partial charge in [-0.1, -0.05) is 39.0 Å². The van der Waals surface area contributed by atoms with Gasteiger partial charge in [0.1, 0.15) is 0 Å². The van der Waals surface area contributed by atoms with E-state index in [-0.39, 0.29) is 18.4 Å². The minimum Gasteiger partial charge on any atom is -0.481 e. The van der Waals surface area contributed by atoms with Crippen LogP contribution >= 0.6 is 0 Å². The van der Waals surface area contributed by atoms with Crippen molar-refractivity contribution in [2.24, 2.45) is 0 Å². The summed E-state index contributed by atoms with van der Waals surface area (Å²) in [5.74, 6) is -0.663. The Bertz CT molecular complexity index is 320.